The number of aliphatic hydroxyl groups excluding tert-OH is 2. The molecular formula is C18H27N3O2. The predicted octanol–water partition coefficient (Wildman–Crippen LogP) is 3.42. The van der Waals surface area contributed by atoms with Crippen molar-refractivity contribution in [3.05, 3.63) is 23.8 Å². The first-order chi connectivity index (χ1) is 10.9. The number of benzene rings is 1. The molecule has 0 radical (unpaired) electrons. The molecule has 126 valence electrons. The molecule has 0 aliphatic heterocycles. The van der Waals surface area contributed by atoms with Gasteiger partial charge in [0.2, 0.25) is 5.95 Å². The molecule has 1 aliphatic rings. The maximum atomic E-state index is 10.4. The lowest BCUT2D eigenvalue weighted by molar-refractivity contribution is 0.143. The molecule has 1 unspecified atom stereocenters. The third kappa shape index (κ3) is 3.35. The summed E-state index contributed by atoms with van der Waals surface area (Å²) in [5.41, 5.74) is 2.79. The van der Waals surface area contributed by atoms with Gasteiger partial charge in [0, 0.05) is 11.6 Å². The summed E-state index contributed by atoms with van der Waals surface area (Å²) in [6.45, 7) is 6.32. The fourth-order valence-electron chi connectivity index (χ4n) is 3.23. The van der Waals surface area contributed by atoms with Crippen molar-refractivity contribution in [3.63, 3.8) is 0 Å². The molecule has 3 N–H and O–H groups in total. The summed E-state index contributed by atoms with van der Waals surface area (Å²) in [5.74, 6) is 0.711. The van der Waals surface area contributed by atoms with Crippen molar-refractivity contribution >= 4 is 17.0 Å². The average Bonchev–Trinajstić information content (AvgIpc) is 2.73. The van der Waals surface area contributed by atoms with Gasteiger partial charge in [0.1, 0.15) is 6.23 Å². The van der Waals surface area contributed by atoms with Crippen LogP contribution < -0.4 is 5.32 Å². The molecule has 5 nitrogen and oxygen atoms in total. The Morgan fingerprint density at radius 2 is 2.09 bits per heavy atom. The summed E-state index contributed by atoms with van der Waals surface area (Å²) in [4.78, 5) is 4.67. The maximum absolute atomic E-state index is 10.4. The number of aromatic nitrogens is 2. The fourth-order valence-corrected chi connectivity index (χ4v) is 3.23. The van der Waals surface area contributed by atoms with E-state index in [4.69, 9.17) is 0 Å². The molecule has 1 aromatic heterocycles. The van der Waals surface area contributed by atoms with E-state index >= 15 is 0 Å². The highest BCUT2D eigenvalue weighted by Gasteiger charge is 2.27. The van der Waals surface area contributed by atoms with Gasteiger partial charge >= 0.3 is 0 Å². The van der Waals surface area contributed by atoms with Gasteiger partial charge in [0.15, 0.2) is 0 Å². The third-order valence-electron chi connectivity index (χ3n) is 4.51. The van der Waals surface area contributed by atoms with Crippen LogP contribution in [0.4, 0.5) is 5.95 Å². The van der Waals surface area contributed by atoms with Crippen molar-refractivity contribution in [1.29, 1.82) is 0 Å². The van der Waals surface area contributed by atoms with Gasteiger partial charge in [-0.15, -0.1) is 0 Å². The zero-order chi connectivity index (χ0) is 16.6. The number of nitrogens with zero attached hydrogens (tertiary/aromatic N) is 2. The Morgan fingerprint density at radius 1 is 1.35 bits per heavy atom. The predicted molar refractivity (Wildman–Crippen MR) is 92.2 cm³/mol. The first kappa shape index (κ1) is 16.3. The molecule has 1 atom stereocenters. The Kier molecular flexibility index (Phi) is 4.34. The van der Waals surface area contributed by atoms with Gasteiger partial charge in [-0.05, 0) is 37.2 Å². The van der Waals surface area contributed by atoms with Crippen molar-refractivity contribution in [3.8, 4) is 0 Å². The quantitative estimate of drug-likeness (QED) is 0.739. The van der Waals surface area contributed by atoms with Crippen molar-refractivity contribution in [2.45, 2.75) is 65.3 Å². The number of anilines is 1. The van der Waals surface area contributed by atoms with Gasteiger partial charge in [-0.3, -0.25) is 0 Å². The summed E-state index contributed by atoms with van der Waals surface area (Å²) in [5, 5.41) is 23.2. The van der Waals surface area contributed by atoms with Crippen LogP contribution >= 0.6 is 0 Å². The minimum Gasteiger partial charge on any atom is -0.392 e. The van der Waals surface area contributed by atoms with Crippen molar-refractivity contribution in [2.24, 2.45) is 5.41 Å². The first-order valence-corrected chi connectivity index (χ1v) is 8.44. The van der Waals surface area contributed by atoms with Crippen LogP contribution in [-0.2, 0) is 6.61 Å². The average molecular weight is 317 g/mol. The summed E-state index contributed by atoms with van der Waals surface area (Å²) in [6.07, 6.45) is 3.47. The minimum absolute atomic E-state index is 0.000260. The van der Waals surface area contributed by atoms with Gasteiger partial charge < -0.3 is 20.1 Å². The second kappa shape index (κ2) is 6.13. The van der Waals surface area contributed by atoms with Crippen LogP contribution in [0, 0.1) is 5.41 Å². The SMILES string of the molecule is CC(C)(C)CC(O)Nc1nc2cccc(CO)c2n1C1CCC1. The molecule has 1 fully saturated rings. The fraction of sp³-hybridized carbons (Fsp3) is 0.611. The van der Waals surface area contributed by atoms with Crippen LogP contribution in [0.5, 0.6) is 0 Å². The first-order valence-electron chi connectivity index (χ1n) is 8.44. The van der Waals surface area contributed by atoms with E-state index in [0.29, 0.717) is 18.4 Å². The molecule has 2 aromatic rings. The summed E-state index contributed by atoms with van der Waals surface area (Å²) in [7, 11) is 0. The van der Waals surface area contributed by atoms with E-state index in [1.807, 2.05) is 18.2 Å². The molecule has 0 saturated heterocycles. The van der Waals surface area contributed by atoms with Crippen LogP contribution in [0.25, 0.3) is 11.0 Å². The van der Waals surface area contributed by atoms with E-state index in [9.17, 15) is 10.2 Å². The van der Waals surface area contributed by atoms with Crippen molar-refractivity contribution < 1.29 is 10.2 Å². The zero-order valence-electron chi connectivity index (χ0n) is 14.2. The van der Waals surface area contributed by atoms with E-state index in [2.05, 4.69) is 35.6 Å². The zero-order valence-corrected chi connectivity index (χ0v) is 14.2. The number of nitrogens with one attached hydrogen (secondary N) is 1. The summed E-state index contributed by atoms with van der Waals surface area (Å²) in [6, 6.07) is 6.22. The van der Waals surface area contributed by atoms with Gasteiger partial charge in [-0.2, -0.15) is 0 Å². The Bertz CT molecular complexity index is 683. The monoisotopic (exact) mass is 317 g/mol. The lowest BCUT2D eigenvalue weighted by Crippen LogP contribution is -2.28. The minimum atomic E-state index is -0.636. The van der Waals surface area contributed by atoms with E-state index in [-0.39, 0.29) is 12.0 Å². The number of aliphatic hydroxyl groups is 2. The van der Waals surface area contributed by atoms with E-state index in [1.54, 1.807) is 0 Å². The molecule has 0 bridgehead atoms. The van der Waals surface area contributed by atoms with Gasteiger partial charge in [-0.1, -0.05) is 32.9 Å². The van der Waals surface area contributed by atoms with Crippen LogP contribution in [0.3, 0.4) is 0 Å². The Balaban J connectivity index is 1.99. The van der Waals surface area contributed by atoms with Crippen LogP contribution in [0.1, 0.15) is 58.1 Å². The number of hydrogen-bond donors (Lipinski definition) is 3. The van der Waals surface area contributed by atoms with Gasteiger partial charge in [0.25, 0.3) is 0 Å². The number of hydrogen-bond acceptors (Lipinski definition) is 4. The second-order valence-electron chi connectivity index (χ2n) is 7.76. The third-order valence-corrected chi connectivity index (χ3v) is 4.51. The van der Waals surface area contributed by atoms with E-state index < -0.39 is 6.23 Å². The molecule has 1 aliphatic carbocycles. The summed E-state index contributed by atoms with van der Waals surface area (Å²) >= 11 is 0. The standard InChI is InChI=1S/C18H27N3O2/c1-18(2,3)10-15(23)20-17-19-14-9-4-6-12(11-22)16(14)21(17)13-7-5-8-13/h4,6,9,13,15,22-23H,5,7-8,10-11H2,1-3H3,(H,19,20). The maximum Gasteiger partial charge on any atom is 0.206 e. The smallest absolute Gasteiger partial charge is 0.206 e. The molecule has 1 aromatic carbocycles. The van der Waals surface area contributed by atoms with Gasteiger partial charge in [0.05, 0.1) is 17.6 Å². The number of imidazole rings is 1. The van der Waals surface area contributed by atoms with Crippen molar-refractivity contribution in [1.82, 2.24) is 9.55 Å². The molecule has 0 spiro atoms. The lowest BCUT2D eigenvalue weighted by Gasteiger charge is -2.31. The number of para-hydroxylation sites is 1. The van der Waals surface area contributed by atoms with Crippen LogP contribution in [0.2, 0.25) is 0 Å². The molecule has 23 heavy (non-hydrogen) atoms. The molecule has 0 amide bonds. The lowest BCUT2D eigenvalue weighted by atomic mass is 9.91. The van der Waals surface area contributed by atoms with Crippen LogP contribution in [0.15, 0.2) is 18.2 Å². The van der Waals surface area contributed by atoms with Gasteiger partial charge in [-0.25, -0.2) is 4.98 Å². The molecule has 5 heteroatoms. The molecular weight excluding hydrogens is 290 g/mol. The highest BCUT2D eigenvalue weighted by Crippen LogP contribution is 2.38. The highest BCUT2D eigenvalue weighted by molar-refractivity contribution is 5.82. The Morgan fingerprint density at radius 3 is 2.65 bits per heavy atom. The van der Waals surface area contributed by atoms with Crippen LogP contribution in [-0.4, -0.2) is 26.0 Å². The van der Waals surface area contributed by atoms with E-state index in [0.717, 1.165) is 29.4 Å². The summed E-state index contributed by atoms with van der Waals surface area (Å²) < 4.78 is 2.18. The molecule has 3 rings (SSSR count). The number of rotatable bonds is 5. The molecule has 1 saturated carbocycles. The highest BCUT2D eigenvalue weighted by atomic mass is 16.3. The Hall–Kier alpha value is -1.59. The molecule has 1 heterocycles. The second-order valence-corrected chi connectivity index (χ2v) is 7.76. The topological polar surface area (TPSA) is 70.3 Å². The normalized spacial score (nSPS) is 17.3. The van der Waals surface area contributed by atoms with Crippen molar-refractivity contribution in [2.75, 3.05) is 5.32 Å². The van der Waals surface area contributed by atoms with E-state index in [1.165, 1.54) is 6.42 Å². The Labute approximate surface area is 137 Å². The largest absolute Gasteiger partial charge is 0.392 e. The number of fused-ring (bicyclic) bond motifs is 1.